The van der Waals surface area contributed by atoms with Crippen molar-refractivity contribution in [1.29, 1.82) is 0 Å². The first-order valence-corrected chi connectivity index (χ1v) is 12.3. The first-order valence-electron chi connectivity index (χ1n) is 12.3. The minimum Gasteiger partial charge on any atom is -0.497 e. The molecule has 1 aliphatic carbocycles. The largest absolute Gasteiger partial charge is 0.497 e. The van der Waals surface area contributed by atoms with Crippen LogP contribution in [0.3, 0.4) is 0 Å². The van der Waals surface area contributed by atoms with Crippen molar-refractivity contribution in [2.24, 2.45) is 17.3 Å². The fourth-order valence-electron chi connectivity index (χ4n) is 6.49. The third kappa shape index (κ3) is 4.20. The minimum absolute atomic E-state index is 0.0265. The number of carboxylic acids is 1. The Morgan fingerprint density at radius 3 is 2.70 bits per heavy atom. The van der Waals surface area contributed by atoms with Crippen LogP contribution in [-0.2, 0) is 14.3 Å². The van der Waals surface area contributed by atoms with Gasteiger partial charge in [-0.2, -0.15) is 0 Å². The third-order valence-electron chi connectivity index (χ3n) is 8.42. The van der Waals surface area contributed by atoms with Crippen LogP contribution in [0.25, 0.3) is 0 Å². The number of carboxylic acid groups (broad SMARTS) is 1. The summed E-state index contributed by atoms with van der Waals surface area (Å²) in [6, 6.07) is 5.78. The molecule has 7 heteroatoms. The molecule has 1 N–H and O–H groups in total. The predicted octanol–water partition coefficient (Wildman–Crippen LogP) is 4.20. The zero-order valence-corrected chi connectivity index (χ0v) is 19.7. The summed E-state index contributed by atoms with van der Waals surface area (Å²) in [6.07, 6.45) is 6.71. The van der Waals surface area contributed by atoms with Crippen molar-refractivity contribution < 1.29 is 28.9 Å². The SMILES string of the molecule is COc1ccc2c(c1)O[C@@](C)(CCC(=O)O)[C@H]1CC3(CO[C@H]21)CN(C(=O)CC1CCCC1)C3. The highest BCUT2D eigenvalue weighted by molar-refractivity contribution is 5.77. The van der Waals surface area contributed by atoms with E-state index in [9.17, 15) is 14.7 Å². The summed E-state index contributed by atoms with van der Waals surface area (Å²) in [5, 5.41) is 9.35. The van der Waals surface area contributed by atoms with Gasteiger partial charge in [-0.1, -0.05) is 12.8 Å². The summed E-state index contributed by atoms with van der Waals surface area (Å²) in [5.41, 5.74) is 0.269. The molecule has 2 saturated heterocycles. The second-order valence-electron chi connectivity index (χ2n) is 10.9. The molecule has 1 spiro atoms. The van der Waals surface area contributed by atoms with Gasteiger partial charge in [0.2, 0.25) is 5.91 Å². The van der Waals surface area contributed by atoms with Gasteiger partial charge in [0.1, 0.15) is 17.1 Å². The van der Waals surface area contributed by atoms with E-state index in [2.05, 4.69) is 0 Å². The molecule has 5 rings (SSSR count). The monoisotopic (exact) mass is 457 g/mol. The van der Waals surface area contributed by atoms with E-state index in [1.165, 1.54) is 25.7 Å². The zero-order chi connectivity index (χ0) is 23.2. The van der Waals surface area contributed by atoms with Crippen LogP contribution in [0.15, 0.2) is 18.2 Å². The van der Waals surface area contributed by atoms with Crippen LogP contribution in [0.4, 0.5) is 0 Å². The van der Waals surface area contributed by atoms with Gasteiger partial charge in [0.05, 0.1) is 19.8 Å². The van der Waals surface area contributed by atoms with Crippen LogP contribution >= 0.6 is 0 Å². The van der Waals surface area contributed by atoms with Gasteiger partial charge >= 0.3 is 5.97 Å². The van der Waals surface area contributed by atoms with E-state index in [0.717, 1.165) is 25.1 Å². The van der Waals surface area contributed by atoms with Gasteiger partial charge in [-0.25, -0.2) is 0 Å². The van der Waals surface area contributed by atoms with E-state index in [1.54, 1.807) is 7.11 Å². The fourth-order valence-corrected chi connectivity index (χ4v) is 6.49. The van der Waals surface area contributed by atoms with E-state index >= 15 is 0 Å². The number of aliphatic carboxylic acids is 1. The Hall–Kier alpha value is -2.28. The summed E-state index contributed by atoms with van der Waals surface area (Å²) in [6.45, 7) is 4.08. The second kappa shape index (κ2) is 8.49. The Bertz CT molecular complexity index is 919. The number of hydrogen-bond donors (Lipinski definition) is 1. The van der Waals surface area contributed by atoms with E-state index in [-0.39, 0.29) is 29.8 Å². The zero-order valence-electron chi connectivity index (χ0n) is 19.7. The number of ether oxygens (including phenoxy) is 3. The highest BCUT2D eigenvalue weighted by Crippen LogP contribution is 2.56. The van der Waals surface area contributed by atoms with Crippen molar-refractivity contribution in [2.75, 3.05) is 26.8 Å². The maximum atomic E-state index is 12.8. The topological polar surface area (TPSA) is 85.3 Å². The molecule has 3 aliphatic heterocycles. The van der Waals surface area contributed by atoms with Crippen LogP contribution in [0, 0.1) is 17.3 Å². The van der Waals surface area contributed by atoms with Gasteiger partial charge in [-0.3, -0.25) is 9.59 Å². The fraction of sp³-hybridized carbons (Fsp3) is 0.692. The lowest BCUT2D eigenvalue weighted by Gasteiger charge is -2.59. The van der Waals surface area contributed by atoms with Crippen molar-refractivity contribution in [1.82, 2.24) is 4.90 Å². The molecule has 3 atom stereocenters. The molecule has 3 fully saturated rings. The van der Waals surface area contributed by atoms with Gasteiger partial charge in [0.25, 0.3) is 0 Å². The third-order valence-corrected chi connectivity index (χ3v) is 8.42. The van der Waals surface area contributed by atoms with E-state index in [1.807, 2.05) is 30.0 Å². The molecule has 0 unspecified atom stereocenters. The molecule has 180 valence electrons. The van der Waals surface area contributed by atoms with Crippen LogP contribution < -0.4 is 9.47 Å². The van der Waals surface area contributed by atoms with Crippen LogP contribution in [0.2, 0.25) is 0 Å². The Morgan fingerprint density at radius 1 is 1.24 bits per heavy atom. The Labute approximate surface area is 195 Å². The average Bonchev–Trinajstić information content (AvgIpc) is 3.28. The predicted molar refractivity (Wildman–Crippen MR) is 121 cm³/mol. The highest BCUT2D eigenvalue weighted by atomic mass is 16.5. The van der Waals surface area contributed by atoms with Crippen LogP contribution in [0.1, 0.15) is 70.0 Å². The molecular formula is C26H35NO6. The molecule has 4 aliphatic rings. The van der Waals surface area contributed by atoms with Crippen molar-refractivity contribution in [3.8, 4) is 11.5 Å². The van der Waals surface area contributed by atoms with Gasteiger partial charge in [0, 0.05) is 48.9 Å². The maximum absolute atomic E-state index is 12.8. The van der Waals surface area contributed by atoms with Crippen LogP contribution in [0.5, 0.6) is 11.5 Å². The van der Waals surface area contributed by atoms with Gasteiger partial charge < -0.3 is 24.2 Å². The Kier molecular flexibility index (Phi) is 5.79. The summed E-state index contributed by atoms with van der Waals surface area (Å²) in [4.78, 5) is 26.2. The number of benzene rings is 1. The summed E-state index contributed by atoms with van der Waals surface area (Å²) in [7, 11) is 1.62. The number of fused-ring (bicyclic) bond motifs is 3. The van der Waals surface area contributed by atoms with Crippen molar-refractivity contribution in [2.45, 2.75) is 70.0 Å². The number of carbonyl (C=O) groups is 2. The second-order valence-corrected chi connectivity index (χ2v) is 10.9. The number of rotatable bonds is 6. The molecular weight excluding hydrogens is 422 g/mol. The number of amides is 1. The maximum Gasteiger partial charge on any atom is 0.303 e. The molecule has 33 heavy (non-hydrogen) atoms. The smallest absolute Gasteiger partial charge is 0.303 e. The first-order chi connectivity index (χ1) is 15.8. The van der Waals surface area contributed by atoms with E-state index in [4.69, 9.17) is 14.2 Å². The minimum atomic E-state index is -0.827. The van der Waals surface area contributed by atoms with Crippen LogP contribution in [-0.4, -0.2) is 54.3 Å². The lowest BCUT2D eigenvalue weighted by molar-refractivity contribution is -0.206. The molecule has 1 saturated carbocycles. The molecule has 0 bridgehead atoms. The number of methoxy groups -OCH3 is 1. The highest BCUT2D eigenvalue weighted by Gasteiger charge is 2.57. The van der Waals surface area contributed by atoms with Crippen molar-refractivity contribution in [3.63, 3.8) is 0 Å². The van der Waals surface area contributed by atoms with Gasteiger partial charge in [-0.05, 0) is 50.7 Å². The molecule has 0 radical (unpaired) electrons. The summed E-state index contributed by atoms with van der Waals surface area (Å²) >= 11 is 0. The Morgan fingerprint density at radius 2 is 2.00 bits per heavy atom. The molecule has 1 aromatic rings. The molecule has 1 aromatic carbocycles. The van der Waals surface area contributed by atoms with Gasteiger partial charge in [0.15, 0.2) is 0 Å². The number of likely N-dealkylation sites (tertiary alicyclic amines) is 1. The van der Waals surface area contributed by atoms with E-state index < -0.39 is 11.6 Å². The first kappa shape index (κ1) is 22.5. The Balaban J connectivity index is 1.33. The normalized spacial score (nSPS) is 30.2. The molecule has 3 heterocycles. The number of hydrogen-bond acceptors (Lipinski definition) is 5. The van der Waals surface area contributed by atoms with Gasteiger partial charge in [-0.15, -0.1) is 0 Å². The van der Waals surface area contributed by atoms with E-state index in [0.29, 0.717) is 36.9 Å². The average molecular weight is 458 g/mol. The summed E-state index contributed by atoms with van der Waals surface area (Å²) < 4.78 is 18.4. The standard InChI is InChI=1S/C26H35NO6/c1-25(10-9-23(29)30)20-13-26(14-27(15-26)22(28)11-17-5-3-4-6-17)16-32-24(20)19-8-7-18(31-2)12-21(19)33-25/h7-8,12,17,20,24H,3-6,9-11,13-16H2,1-2H3,(H,29,30)/t20-,24+,25-/m0/s1. The molecule has 0 aromatic heterocycles. The molecule has 1 amide bonds. The molecule has 7 nitrogen and oxygen atoms in total. The van der Waals surface area contributed by atoms with Crippen molar-refractivity contribution in [3.05, 3.63) is 23.8 Å². The lowest BCUT2D eigenvalue weighted by Crippen LogP contribution is -2.65. The quantitative estimate of drug-likeness (QED) is 0.689. The summed E-state index contributed by atoms with van der Waals surface area (Å²) in [5.74, 6) is 1.45. The lowest BCUT2D eigenvalue weighted by atomic mass is 9.63. The number of nitrogens with zero attached hydrogens (tertiary/aromatic N) is 1. The van der Waals surface area contributed by atoms with Crippen molar-refractivity contribution >= 4 is 11.9 Å². The number of carbonyl (C=O) groups excluding carboxylic acids is 1.